The van der Waals surface area contributed by atoms with Gasteiger partial charge in [-0.25, -0.2) is 5.11 Å². The lowest BCUT2D eigenvalue weighted by molar-refractivity contribution is 0.138. The summed E-state index contributed by atoms with van der Waals surface area (Å²) in [7, 11) is 0. The van der Waals surface area contributed by atoms with E-state index in [0.29, 0.717) is 12.3 Å². The largest absolute Gasteiger partial charge is 0.216 e. The molecule has 1 nitrogen and oxygen atoms in total. The summed E-state index contributed by atoms with van der Waals surface area (Å²) in [5.74, 6) is 0.431. The minimum atomic E-state index is -0.903. The number of hydrogen-bond acceptors (Lipinski definition) is 0. The van der Waals surface area contributed by atoms with Crippen LogP contribution in [-0.4, -0.2) is 5.56 Å². The first-order chi connectivity index (χ1) is 3.13. The maximum atomic E-state index is 10.1. The summed E-state index contributed by atoms with van der Waals surface area (Å²) in [6.45, 7) is 3.96. The zero-order valence-electron chi connectivity index (χ0n) is 4.65. The number of halogens is 1. The molecular weight excluding hydrogens is 112 g/mol. The summed E-state index contributed by atoms with van der Waals surface area (Å²) >= 11 is 5.12. The summed E-state index contributed by atoms with van der Waals surface area (Å²) in [6, 6.07) is 0. The smallest absolute Gasteiger partial charge is 0.166 e. The van der Waals surface area contributed by atoms with Crippen molar-refractivity contribution in [1.82, 2.24) is 0 Å². The molecule has 7 heavy (non-hydrogen) atoms. The van der Waals surface area contributed by atoms with Gasteiger partial charge in [0.15, 0.2) is 5.56 Å². The quantitative estimate of drug-likeness (QED) is 0.499. The van der Waals surface area contributed by atoms with Crippen molar-refractivity contribution >= 4 is 11.6 Å². The average molecular weight is 122 g/mol. The zero-order chi connectivity index (χ0) is 5.86. The summed E-state index contributed by atoms with van der Waals surface area (Å²) in [5, 5.41) is 10.1. The van der Waals surface area contributed by atoms with Gasteiger partial charge in [0.25, 0.3) is 0 Å². The van der Waals surface area contributed by atoms with Crippen molar-refractivity contribution < 1.29 is 5.11 Å². The Morgan fingerprint density at radius 3 is 2.00 bits per heavy atom. The van der Waals surface area contributed by atoms with E-state index in [9.17, 15) is 5.11 Å². The molecule has 0 amide bonds. The molecule has 0 rings (SSSR count). The van der Waals surface area contributed by atoms with Crippen molar-refractivity contribution in [1.29, 1.82) is 0 Å². The van der Waals surface area contributed by atoms with E-state index in [-0.39, 0.29) is 0 Å². The van der Waals surface area contributed by atoms with Crippen molar-refractivity contribution in [3.63, 3.8) is 0 Å². The molecule has 0 aliphatic carbocycles. The molecule has 1 radical (unpaired) electrons. The minimum absolute atomic E-state index is 0.431. The summed E-state index contributed by atoms with van der Waals surface area (Å²) in [6.07, 6.45) is 0.571. The van der Waals surface area contributed by atoms with Crippen LogP contribution in [0.5, 0.6) is 0 Å². The van der Waals surface area contributed by atoms with Crippen molar-refractivity contribution in [3.05, 3.63) is 0 Å². The van der Waals surface area contributed by atoms with Crippen LogP contribution in [0.25, 0.3) is 0 Å². The summed E-state index contributed by atoms with van der Waals surface area (Å²) in [5.41, 5.74) is -0.903. The van der Waals surface area contributed by atoms with Crippen LogP contribution in [0.4, 0.5) is 0 Å². The van der Waals surface area contributed by atoms with Gasteiger partial charge in [-0.15, -0.1) is 0 Å². The molecule has 0 saturated carbocycles. The van der Waals surface area contributed by atoms with Gasteiger partial charge in [-0.2, -0.15) is 0 Å². The number of hydrogen-bond donors (Lipinski definition) is 0. The van der Waals surface area contributed by atoms with E-state index < -0.39 is 5.56 Å². The molecule has 0 aromatic heterocycles. The summed E-state index contributed by atoms with van der Waals surface area (Å²) < 4.78 is 0. The lowest BCUT2D eigenvalue weighted by Gasteiger charge is -2.00. The van der Waals surface area contributed by atoms with Crippen molar-refractivity contribution in [2.45, 2.75) is 25.8 Å². The molecule has 0 bridgehead atoms. The fourth-order valence-corrected chi connectivity index (χ4v) is 0.727. The Bertz CT molecular complexity index is 37.3. The van der Waals surface area contributed by atoms with Gasteiger partial charge < -0.3 is 0 Å². The standard InChI is InChI=1S/C5H10ClO/c1-4(2)3-5(6)7/h4-5H,3H2,1-2H3. The molecule has 0 spiro atoms. The molecular formula is C5H10ClO. The zero-order valence-corrected chi connectivity index (χ0v) is 5.40. The second kappa shape index (κ2) is 3.28. The van der Waals surface area contributed by atoms with Gasteiger partial charge in [0, 0.05) is 0 Å². The number of rotatable bonds is 2. The maximum Gasteiger partial charge on any atom is 0.166 e. The molecule has 2 heteroatoms. The molecule has 0 aliphatic heterocycles. The molecule has 1 atom stereocenters. The van der Waals surface area contributed by atoms with E-state index in [1.807, 2.05) is 13.8 Å². The van der Waals surface area contributed by atoms with E-state index in [4.69, 9.17) is 11.6 Å². The third-order valence-corrected chi connectivity index (χ3v) is 0.835. The average Bonchev–Trinajstić information content (AvgIpc) is 1.27. The van der Waals surface area contributed by atoms with E-state index in [2.05, 4.69) is 0 Å². The Kier molecular flexibility index (Phi) is 3.39. The Morgan fingerprint density at radius 1 is 1.57 bits per heavy atom. The van der Waals surface area contributed by atoms with Crippen LogP contribution in [-0.2, 0) is 5.11 Å². The Hall–Kier alpha value is 0.250. The van der Waals surface area contributed by atoms with Crippen LogP contribution in [0.1, 0.15) is 20.3 Å². The monoisotopic (exact) mass is 121 g/mol. The third-order valence-electron chi connectivity index (χ3n) is 0.657. The second-order valence-electron chi connectivity index (χ2n) is 2.04. The fraction of sp³-hybridized carbons (Fsp3) is 1.00. The van der Waals surface area contributed by atoms with Crippen LogP contribution in [0.15, 0.2) is 0 Å². The molecule has 0 saturated heterocycles. The topological polar surface area (TPSA) is 19.9 Å². The maximum absolute atomic E-state index is 10.1. The van der Waals surface area contributed by atoms with Gasteiger partial charge in [0.05, 0.1) is 0 Å². The van der Waals surface area contributed by atoms with Gasteiger partial charge >= 0.3 is 0 Å². The molecule has 0 aromatic carbocycles. The molecule has 1 unspecified atom stereocenters. The van der Waals surface area contributed by atoms with Crippen molar-refractivity contribution in [2.24, 2.45) is 5.92 Å². The first-order valence-corrected chi connectivity index (χ1v) is 2.86. The minimum Gasteiger partial charge on any atom is -0.216 e. The van der Waals surface area contributed by atoms with Crippen LogP contribution < -0.4 is 0 Å². The van der Waals surface area contributed by atoms with Crippen molar-refractivity contribution in [2.75, 3.05) is 0 Å². The van der Waals surface area contributed by atoms with Crippen LogP contribution in [0, 0.1) is 5.92 Å². The predicted molar refractivity (Wildman–Crippen MR) is 29.8 cm³/mol. The fourth-order valence-electron chi connectivity index (χ4n) is 0.371. The van der Waals surface area contributed by atoms with E-state index in [1.165, 1.54) is 0 Å². The molecule has 43 valence electrons. The summed E-state index contributed by atoms with van der Waals surface area (Å²) in [4.78, 5) is 0. The van der Waals surface area contributed by atoms with Crippen LogP contribution >= 0.6 is 11.6 Å². The first kappa shape index (κ1) is 7.25. The van der Waals surface area contributed by atoms with Gasteiger partial charge in [-0.05, 0) is 12.3 Å². The van der Waals surface area contributed by atoms with Crippen LogP contribution in [0.3, 0.4) is 0 Å². The van der Waals surface area contributed by atoms with Gasteiger partial charge in [0.2, 0.25) is 0 Å². The van der Waals surface area contributed by atoms with E-state index in [0.717, 1.165) is 0 Å². The van der Waals surface area contributed by atoms with Gasteiger partial charge in [-0.1, -0.05) is 25.4 Å². The van der Waals surface area contributed by atoms with Crippen molar-refractivity contribution in [3.8, 4) is 0 Å². The van der Waals surface area contributed by atoms with Gasteiger partial charge in [-0.3, -0.25) is 0 Å². The van der Waals surface area contributed by atoms with E-state index in [1.54, 1.807) is 0 Å². The Morgan fingerprint density at radius 2 is 2.00 bits per heavy atom. The molecule has 0 aromatic rings. The Labute approximate surface area is 49.3 Å². The lowest BCUT2D eigenvalue weighted by Crippen LogP contribution is -1.98. The van der Waals surface area contributed by atoms with E-state index >= 15 is 0 Å². The highest BCUT2D eigenvalue weighted by atomic mass is 35.5. The first-order valence-electron chi connectivity index (χ1n) is 2.43. The SMILES string of the molecule is CC(C)CC([O])Cl. The number of alkyl halides is 1. The highest BCUT2D eigenvalue weighted by Gasteiger charge is 2.01. The Balaban J connectivity index is 2.95. The van der Waals surface area contributed by atoms with Crippen LogP contribution in [0.2, 0.25) is 0 Å². The highest BCUT2D eigenvalue weighted by Crippen LogP contribution is 2.06. The normalized spacial score (nSPS) is 15.0. The second-order valence-corrected chi connectivity index (χ2v) is 2.53. The predicted octanol–water partition coefficient (Wildman–Crippen LogP) is 2.03. The molecule has 0 N–H and O–H groups in total. The third kappa shape index (κ3) is 6.25. The molecule has 0 heterocycles. The lowest BCUT2D eigenvalue weighted by atomic mass is 10.1. The van der Waals surface area contributed by atoms with Gasteiger partial charge in [0.1, 0.15) is 0 Å². The molecule has 0 aliphatic rings. The molecule has 0 fully saturated rings. The highest BCUT2D eigenvalue weighted by molar-refractivity contribution is 6.19.